The van der Waals surface area contributed by atoms with E-state index < -0.39 is 0 Å². The number of nitrogens with one attached hydrogen (secondary N) is 1. The Bertz CT molecular complexity index is 551. The Hall–Kier alpha value is -1.62. The molecule has 5 heteroatoms. The molecule has 2 rings (SSSR count). The summed E-state index contributed by atoms with van der Waals surface area (Å²) in [5.74, 6) is 0.369. The Kier molecular flexibility index (Phi) is 4.15. The minimum absolute atomic E-state index is 0.359. The SMILES string of the molecule is CCOC(=O)c1cnc(Cc2ccccc2Br)[nH]1. The van der Waals surface area contributed by atoms with E-state index in [0.29, 0.717) is 18.7 Å². The zero-order valence-electron chi connectivity index (χ0n) is 9.94. The van der Waals surface area contributed by atoms with Gasteiger partial charge in [0.1, 0.15) is 11.5 Å². The highest BCUT2D eigenvalue weighted by molar-refractivity contribution is 9.10. The standard InChI is InChI=1S/C13H13BrN2O2/c1-2-18-13(17)11-8-15-12(16-11)7-9-5-3-4-6-10(9)14/h3-6,8H,2,7H2,1H3,(H,15,16). The van der Waals surface area contributed by atoms with Gasteiger partial charge in [0.2, 0.25) is 0 Å². The maximum absolute atomic E-state index is 11.5. The van der Waals surface area contributed by atoms with Crippen molar-refractivity contribution in [1.82, 2.24) is 9.97 Å². The number of aromatic nitrogens is 2. The molecule has 0 saturated heterocycles. The molecule has 0 bridgehead atoms. The van der Waals surface area contributed by atoms with Crippen LogP contribution in [-0.2, 0) is 11.2 Å². The fourth-order valence-corrected chi connectivity index (χ4v) is 2.01. The predicted octanol–water partition coefficient (Wildman–Crippen LogP) is 2.94. The lowest BCUT2D eigenvalue weighted by molar-refractivity contribution is 0.0520. The first-order valence-corrected chi connectivity index (χ1v) is 6.44. The molecular formula is C13H13BrN2O2. The highest BCUT2D eigenvalue weighted by atomic mass is 79.9. The molecule has 0 atom stereocenters. The van der Waals surface area contributed by atoms with Crippen LogP contribution in [0.3, 0.4) is 0 Å². The number of hydrogen-bond donors (Lipinski definition) is 1. The summed E-state index contributed by atoms with van der Waals surface area (Å²) in [7, 11) is 0. The summed E-state index contributed by atoms with van der Waals surface area (Å²) >= 11 is 3.48. The second-order valence-corrected chi connectivity index (χ2v) is 4.59. The number of carbonyl (C=O) groups excluding carboxylic acids is 1. The van der Waals surface area contributed by atoms with E-state index >= 15 is 0 Å². The van der Waals surface area contributed by atoms with E-state index in [-0.39, 0.29) is 5.97 Å². The molecule has 0 amide bonds. The third kappa shape index (κ3) is 2.98. The van der Waals surface area contributed by atoms with Crippen molar-refractivity contribution in [2.45, 2.75) is 13.3 Å². The number of nitrogens with zero attached hydrogens (tertiary/aromatic N) is 1. The maximum Gasteiger partial charge on any atom is 0.356 e. The van der Waals surface area contributed by atoms with Gasteiger partial charge in [-0.1, -0.05) is 34.1 Å². The lowest BCUT2D eigenvalue weighted by atomic mass is 10.1. The molecule has 1 aromatic carbocycles. The van der Waals surface area contributed by atoms with Gasteiger partial charge in [-0.05, 0) is 18.6 Å². The van der Waals surface area contributed by atoms with Crippen LogP contribution in [0.1, 0.15) is 28.8 Å². The van der Waals surface area contributed by atoms with Gasteiger partial charge in [-0.3, -0.25) is 0 Å². The second-order valence-electron chi connectivity index (χ2n) is 3.73. The van der Waals surface area contributed by atoms with Crippen molar-refractivity contribution in [3.8, 4) is 0 Å². The molecule has 1 aromatic heterocycles. The summed E-state index contributed by atoms with van der Waals surface area (Å²) in [5, 5.41) is 0. The fraction of sp³-hybridized carbons (Fsp3) is 0.231. The summed E-state index contributed by atoms with van der Waals surface area (Å²) in [6.07, 6.45) is 2.14. The van der Waals surface area contributed by atoms with E-state index in [4.69, 9.17) is 4.74 Å². The van der Waals surface area contributed by atoms with Gasteiger partial charge in [0.25, 0.3) is 0 Å². The van der Waals surface area contributed by atoms with Crippen LogP contribution < -0.4 is 0 Å². The molecular weight excluding hydrogens is 296 g/mol. The first-order valence-electron chi connectivity index (χ1n) is 5.65. The summed E-state index contributed by atoms with van der Waals surface area (Å²) < 4.78 is 5.92. The minimum atomic E-state index is -0.372. The van der Waals surface area contributed by atoms with Crippen molar-refractivity contribution in [2.75, 3.05) is 6.61 Å². The third-order valence-electron chi connectivity index (χ3n) is 2.44. The van der Waals surface area contributed by atoms with Crippen molar-refractivity contribution in [3.63, 3.8) is 0 Å². The van der Waals surface area contributed by atoms with Crippen molar-refractivity contribution < 1.29 is 9.53 Å². The van der Waals surface area contributed by atoms with Gasteiger partial charge in [0.05, 0.1) is 12.8 Å². The van der Waals surface area contributed by atoms with Gasteiger partial charge in [-0.15, -0.1) is 0 Å². The van der Waals surface area contributed by atoms with Crippen molar-refractivity contribution in [1.29, 1.82) is 0 Å². The highest BCUT2D eigenvalue weighted by Crippen LogP contribution is 2.18. The lowest BCUT2D eigenvalue weighted by Gasteiger charge is -2.01. The van der Waals surface area contributed by atoms with E-state index in [2.05, 4.69) is 25.9 Å². The Morgan fingerprint density at radius 3 is 2.94 bits per heavy atom. The number of carbonyl (C=O) groups is 1. The van der Waals surface area contributed by atoms with E-state index in [1.165, 1.54) is 6.20 Å². The van der Waals surface area contributed by atoms with Gasteiger partial charge in [0, 0.05) is 10.9 Å². The summed E-state index contributed by atoms with van der Waals surface area (Å²) in [5.41, 5.74) is 1.50. The number of benzene rings is 1. The molecule has 0 unspecified atom stereocenters. The van der Waals surface area contributed by atoms with Crippen molar-refractivity contribution >= 4 is 21.9 Å². The molecule has 1 N–H and O–H groups in total. The monoisotopic (exact) mass is 308 g/mol. The lowest BCUT2D eigenvalue weighted by Crippen LogP contribution is -2.05. The van der Waals surface area contributed by atoms with Crippen LogP contribution in [-0.4, -0.2) is 22.5 Å². The van der Waals surface area contributed by atoms with Crippen LogP contribution >= 0.6 is 15.9 Å². The average Bonchev–Trinajstić information content (AvgIpc) is 2.81. The minimum Gasteiger partial charge on any atom is -0.461 e. The van der Waals surface area contributed by atoms with Crippen LogP contribution in [0.4, 0.5) is 0 Å². The Morgan fingerprint density at radius 1 is 1.44 bits per heavy atom. The number of hydrogen-bond acceptors (Lipinski definition) is 3. The van der Waals surface area contributed by atoms with Crippen LogP contribution in [0, 0.1) is 0 Å². The summed E-state index contributed by atoms with van der Waals surface area (Å²) in [4.78, 5) is 18.6. The molecule has 0 saturated carbocycles. The number of imidazole rings is 1. The molecule has 0 aliphatic carbocycles. The third-order valence-corrected chi connectivity index (χ3v) is 3.21. The molecule has 0 aliphatic rings. The number of aromatic amines is 1. The van der Waals surface area contributed by atoms with Gasteiger partial charge in [0.15, 0.2) is 0 Å². The van der Waals surface area contributed by atoms with Gasteiger partial charge in [-0.2, -0.15) is 0 Å². The predicted molar refractivity (Wildman–Crippen MR) is 71.5 cm³/mol. The topological polar surface area (TPSA) is 55.0 Å². The molecule has 2 aromatic rings. The van der Waals surface area contributed by atoms with Crippen molar-refractivity contribution in [2.24, 2.45) is 0 Å². The van der Waals surface area contributed by atoms with E-state index in [0.717, 1.165) is 15.9 Å². The number of ether oxygens (including phenoxy) is 1. The molecule has 0 fully saturated rings. The zero-order chi connectivity index (χ0) is 13.0. The molecule has 0 spiro atoms. The Morgan fingerprint density at radius 2 is 2.22 bits per heavy atom. The normalized spacial score (nSPS) is 10.3. The Labute approximate surface area is 114 Å². The van der Waals surface area contributed by atoms with Crippen LogP contribution in [0.25, 0.3) is 0 Å². The molecule has 94 valence electrons. The van der Waals surface area contributed by atoms with E-state index in [9.17, 15) is 4.79 Å². The largest absolute Gasteiger partial charge is 0.461 e. The first-order chi connectivity index (χ1) is 8.70. The zero-order valence-corrected chi connectivity index (χ0v) is 11.5. The quantitative estimate of drug-likeness (QED) is 0.884. The van der Waals surface area contributed by atoms with E-state index in [1.807, 2.05) is 24.3 Å². The number of H-pyrrole nitrogens is 1. The molecule has 4 nitrogen and oxygen atoms in total. The van der Waals surface area contributed by atoms with Crippen molar-refractivity contribution in [3.05, 3.63) is 52.0 Å². The Balaban J connectivity index is 2.12. The number of halogens is 1. The summed E-state index contributed by atoms with van der Waals surface area (Å²) in [6, 6.07) is 7.91. The molecule has 0 aliphatic heterocycles. The van der Waals surface area contributed by atoms with E-state index in [1.54, 1.807) is 6.92 Å². The molecule has 18 heavy (non-hydrogen) atoms. The smallest absolute Gasteiger partial charge is 0.356 e. The fourth-order valence-electron chi connectivity index (χ4n) is 1.59. The summed E-state index contributed by atoms with van der Waals surface area (Å²) in [6.45, 7) is 2.13. The van der Waals surface area contributed by atoms with Gasteiger partial charge >= 0.3 is 5.97 Å². The maximum atomic E-state index is 11.5. The second kappa shape index (κ2) is 5.82. The molecule has 1 heterocycles. The molecule has 0 radical (unpaired) electrons. The van der Waals surface area contributed by atoms with Crippen LogP contribution in [0.5, 0.6) is 0 Å². The highest BCUT2D eigenvalue weighted by Gasteiger charge is 2.11. The van der Waals surface area contributed by atoms with Crippen LogP contribution in [0.2, 0.25) is 0 Å². The first kappa shape index (κ1) is 12.8. The van der Waals surface area contributed by atoms with Crippen LogP contribution in [0.15, 0.2) is 34.9 Å². The van der Waals surface area contributed by atoms with Gasteiger partial charge < -0.3 is 9.72 Å². The number of rotatable bonds is 4. The average molecular weight is 309 g/mol. The number of esters is 1. The van der Waals surface area contributed by atoms with Gasteiger partial charge in [-0.25, -0.2) is 9.78 Å².